The molecule has 0 radical (unpaired) electrons. The fourth-order valence-electron chi connectivity index (χ4n) is 2.84. The second-order valence-corrected chi connectivity index (χ2v) is 5.73. The van der Waals surface area contributed by atoms with Crippen molar-refractivity contribution in [2.75, 3.05) is 5.32 Å². The van der Waals surface area contributed by atoms with Crippen LogP contribution in [0.1, 0.15) is 38.7 Å². The fourth-order valence-corrected chi connectivity index (χ4v) is 2.84. The highest BCUT2D eigenvalue weighted by Gasteiger charge is 2.25. The lowest BCUT2D eigenvalue weighted by Crippen LogP contribution is -2.33. The summed E-state index contributed by atoms with van der Waals surface area (Å²) in [6.07, 6.45) is 3.32. The third kappa shape index (κ3) is 2.82. The number of nitrogens with one attached hydrogen (secondary N) is 1. The van der Waals surface area contributed by atoms with Crippen LogP contribution >= 0.6 is 0 Å². The summed E-state index contributed by atoms with van der Waals surface area (Å²) in [5.74, 6) is 0.519. The van der Waals surface area contributed by atoms with Crippen molar-refractivity contribution in [3.8, 4) is 0 Å². The molecule has 0 aliphatic heterocycles. The van der Waals surface area contributed by atoms with E-state index in [0.717, 1.165) is 25.2 Å². The molecule has 18 heavy (non-hydrogen) atoms. The third-order valence-electron chi connectivity index (χ3n) is 4.02. The smallest absolute Gasteiger partial charge is 0.146 e. The Morgan fingerprint density at radius 1 is 1.11 bits per heavy atom. The first-order valence-corrected chi connectivity index (χ1v) is 6.69. The van der Waals surface area contributed by atoms with Gasteiger partial charge in [0.1, 0.15) is 11.6 Å². The number of anilines is 1. The molecule has 1 fully saturated rings. The van der Waals surface area contributed by atoms with Gasteiger partial charge in [0.05, 0.1) is 5.69 Å². The van der Waals surface area contributed by atoms with Gasteiger partial charge in [-0.25, -0.2) is 8.78 Å². The predicted molar refractivity (Wildman–Crippen MR) is 70.7 cm³/mol. The van der Waals surface area contributed by atoms with Gasteiger partial charge in [0, 0.05) is 12.1 Å². The summed E-state index contributed by atoms with van der Waals surface area (Å²) in [6.45, 7) is 6.00. The molecule has 3 heteroatoms. The van der Waals surface area contributed by atoms with Crippen molar-refractivity contribution < 1.29 is 8.78 Å². The van der Waals surface area contributed by atoms with E-state index in [1.807, 2.05) is 0 Å². The second kappa shape index (κ2) is 5.25. The molecule has 100 valence electrons. The summed E-state index contributed by atoms with van der Waals surface area (Å²) in [6, 6.07) is 2.78. The number of hydrogen-bond donors (Lipinski definition) is 1. The molecule has 0 amide bonds. The average Bonchev–Trinajstić information content (AvgIpc) is 2.29. The average molecular weight is 253 g/mol. The molecular formula is C15H21F2N. The van der Waals surface area contributed by atoms with Crippen molar-refractivity contribution >= 4 is 5.69 Å². The molecule has 1 N–H and O–H groups in total. The standard InChI is InChI=1S/C15H21F2N/c1-9-4-5-14(11(3)6-9)18-15-8-12(16)10(2)7-13(15)17/h7-9,11,14,18H,4-6H2,1-3H3. The van der Waals surface area contributed by atoms with Gasteiger partial charge in [0.25, 0.3) is 0 Å². The van der Waals surface area contributed by atoms with Gasteiger partial charge in [0.15, 0.2) is 0 Å². The first-order chi connectivity index (χ1) is 8.47. The molecule has 0 heterocycles. The largest absolute Gasteiger partial charge is 0.380 e. The van der Waals surface area contributed by atoms with Gasteiger partial charge in [0.2, 0.25) is 0 Å². The lowest BCUT2D eigenvalue weighted by molar-refractivity contribution is 0.276. The van der Waals surface area contributed by atoms with Crippen molar-refractivity contribution in [3.05, 3.63) is 29.3 Å². The van der Waals surface area contributed by atoms with E-state index in [1.165, 1.54) is 12.1 Å². The van der Waals surface area contributed by atoms with Gasteiger partial charge in [-0.2, -0.15) is 0 Å². The Balaban J connectivity index is 2.12. The van der Waals surface area contributed by atoms with Crippen LogP contribution in [-0.4, -0.2) is 6.04 Å². The van der Waals surface area contributed by atoms with Crippen molar-refractivity contribution in [2.24, 2.45) is 11.8 Å². The van der Waals surface area contributed by atoms with Gasteiger partial charge < -0.3 is 5.32 Å². The number of hydrogen-bond acceptors (Lipinski definition) is 1. The van der Waals surface area contributed by atoms with Gasteiger partial charge in [-0.3, -0.25) is 0 Å². The van der Waals surface area contributed by atoms with E-state index in [-0.39, 0.29) is 17.7 Å². The topological polar surface area (TPSA) is 12.0 Å². The highest BCUT2D eigenvalue weighted by molar-refractivity contribution is 5.47. The zero-order chi connectivity index (χ0) is 13.3. The van der Waals surface area contributed by atoms with Crippen molar-refractivity contribution in [3.63, 3.8) is 0 Å². The Labute approximate surface area is 108 Å². The zero-order valence-electron chi connectivity index (χ0n) is 11.3. The lowest BCUT2D eigenvalue weighted by atomic mass is 9.80. The van der Waals surface area contributed by atoms with Crippen molar-refractivity contribution in [2.45, 2.75) is 46.1 Å². The van der Waals surface area contributed by atoms with Gasteiger partial charge >= 0.3 is 0 Å². The van der Waals surface area contributed by atoms with Crippen LogP contribution in [-0.2, 0) is 0 Å². The number of benzene rings is 1. The van der Waals surface area contributed by atoms with Gasteiger partial charge in [-0.05, 0) is 49.7 Å². The minimum Gasteiger partial charge on any atom is -0.380 e. The Hall–Kier alpha value is -1.12. The first-order valence-electron chi connectivity index (χ1n) is 6.69. The van der Waals surface area contributed by atoms with Crippen LogP contribution in [0.4, 0.5) is 14.5 Å². The first kappa shape index (κ1) is 13.3. The maximum Gasteiger partial charge on any atom is 0.146 e. The molecule has 1 aliphatic carbocycles. The highest BCUT2D eigenvalue weighted by Crippen LogP contribution is 2.31. The Kier molecular flexibility index (Phi) is 3.88. The fraction of sp³-hybridized carbons (Fsp3) is 0.600. The summed E-state index contributed by atoms with van der Waals surface area (Å²) in [7, 11) is 0. The van der Waals surface area contributed by atoms with Crippen LogP contribution in [0.25, 0.3) is 0 Å². The van der Waals surface area contributed by atoms with Crippen LogP contribution in [0.5, 0.6) is 0 Å². The summed E-state index contributed by atoms with van der Waals surface area (Å²) < 4.78 is 27.2. The zero-order valence-corrected chi connectivity index (χ0v) is 11.3. The van der Waals surface area contributed by atoms with E-state index in [2.05, 4.69) is 19.2 Å². The van der Waals surface area contributed by atoms with E-state index < -0.39 is 0 Å². The normalized spacial score (nSPS) is 28.2. The van der Waals surface area contributed by atoms with Crippen LogP contribution in [0.15, 0.2) is 12.1 Å². The predicted octanol–water partition coefficient (Wildman–Crippen LogP) is 4.51. The molecule has 0 bridgehead atoms. The van der Waals surface area contributed by atoms with Crippen molar-refractivity contribution in [1.82, 2.24) is 0 Å². The van der Waals surface area contributed by atoms with E-state index in [1.54, 1.807) is 6.92 Å². The summed E-state index contributed by atoms with van der Waals surface area (Å²) >= 11 is 0. The monoisotopic (exact) mass is 253 g/mol. The van der Waals surface area contributed by atoms with Gasteiger partial charge in [-0.1, -0.05) is 13.8 Å². The molecule has 1 aromatic carbocycles. The van der Waals surface area contributed by atoms with E-state index in [4.69, 9.17) is 0 Å². The SMILES string of the molecule is Cc1cc(F)c(NC2CCC(C)CC2C)cc1F. The Morgan fingerprint density at radius 3 is 2.50 bits per heavy atom. The van der Waals surface area contributed by atoms with Gasteiger partial charge in [-0.15, -0.1) is 0 Å². The minimum atomic E-state index is -0.361. The molecule has 1 aromatic rings. The number of aryl methyl sites for hydroxylation is 1. The number of halogens is 2. The maximum atomic E-state index is 13.8. The molecule has 0 saturated heterocycles. The number of rotatable bonds is 2. The van der Waals surface area contributed by atoms with Crippen LogP contribution in [0, 0.1) is 30.4 Å². The lowest BCUT2D eigenvalue weighted by Gasteiger charge is -2.34. The summed E-state index contributed by atoms with van der Waals surface area (Å²) in [4.78, 5) is 0. The molecule has 1 aliphatic rings. The van der Waals surface area contributed by atoms with Crippen LogP contribution < -0.4 is 5.32 Å². The molecule has 1 nitrogen and oxygen atoms in total. The molecule has 0 spiro atoms. The molecular weight excluding hydrogens is 232 g/mol. The summed E-state index contributed by atoms with van der Waals surface area (Å²) in [5, 5.41) is 3.17. The van der Waals surface area contributed by atoms with E-state index in [9.17, 15) is 8.78 Å². The van der Waals surface area contributed by atoms with E-state index in [0.29, 0.717) is 17.2 Å². The van der Waals surface area contributed by atoms with Crippen LogP contribution in [0.2, 0.25) is 0 Å². The third-order valence-corrected chi connectivity index (χ3v) is 4.02. The molecule has 0 aromatic heterocycles. The highest BCUT2D eigenvalue weighted by atomic mass is 19.1. The second-order valence-electron chi connectivity index (χ2n) is 5.73. The maximum absolute atomic E-state index is 13.8. The molecule has 3 unspecified atom stereocenters. The Bertz CT molecular complexity index is 431. The molecule has 2 rings (SSSR count). The van der Waals surface area contributed by atoms with E-state index >= 15 is 0 Å². The molecule has 3 atom stereocenters. The molecule has 1 saturated carbocycles. The summed E-state index contributed by atoms with van der Waals surface area (Å²) in [5.41, 5.74) is 0.646. The Morgan fingerprint density at radius 2 is 1.83 bits per heavy atom. The van der Waals surface area contributed by atoms with Crippen molar-refractivity contribution in [1.29, 1.82) is 0 Å². The van der Waals surface area contributed by atoms with Crippen LogP contribution in [0.3, 0.4) is 0 Å². The minimum absolute atomic E-state index is 0.248. The quantitative estimate of drug-likeness (QED) is 0.817.